The van der Waals surface area contributed by atoms with Crippen LogP contribution < -0.4 is 5.32 Å². The molecular weight excluding hydrogens is 290 g/mol. The monoisotopic (exact) mass is 311 g/mol. The number of hydrogen-bond donors (Lipinski definition) is 2. The van der Waals surface area contributed by atoms with Crippen LogP contribution >= 0.6 is 15.9 Å². The Morgan fingerprint density at radius 2 is 2.06 bits per heavy atom. The molecule has 2 N–H and O–H groups in total. The highest BCUT2D eigenvalue weighted by molar-refractivity contribution is 9.10. The molecule has 3 heteroatoms. The first-order chi connectivity index (χ1) is 8.66. The van der Waals surface area contributed by atoms with Crippen LogP contribution in [0.3, 0.4) is 0 Å². The van der Waals surface area contributed by atoms with E-state index < -0.39 is 0 Å². The Balaban J connectivity index is 1.88. The number of benzene rings is 1. The molecule has 2 nitrogen and oxygen atoms in total. The topological polar surface area (TPSA) is 32.3 Å². The largest absolute Gasteiger partial charge is 0.508 e. The molecule has 1 aromatic carbocycles. The third kappa shape index (κ3) is 3.72. The van der Waals surface area contributed by atoms with Gasteiger partial charge in [0.05, 0.1) is 0 Å². The van der Waals surface area contributed by atoms with Crippen LogP contribution in [0.4, 0.5) is 0 Å². The normalized spacial score (nSPS) is 18.8. The summed E-state index contributed by atoms with van der Waals surface area (Å²) in [6.45, 7) is 3.01. The maximum absolute atomic E-state index is 9.80. The number of rotatable bonds is 4. The van der Waals surface area contributed by atoms with Crippen molar-refractivity contribution in [2.24, 2.45) is 5.92 Å². The molecule has 18 heavy (non-hydrogen) atoms. The van der Waals surface area contributed by atoms with Gasteiger partial charge < -0.3 is 10.4 Å². The van der Waals surface area contributed by atoms with E-state index in [9.17, 15) is 5.11 Å². The maximum Gasteiger partial charge on any atom is 0.120 e. The smallest absolute Gasteiger partial charge is 0.120 e. The van der Waals surface area contributed by atoms with E-state index in [-0.39, 0.29) is 0 Å². The van der Waals surface area contributed by atoms with Crippen LogP contribution in [0.2, 0.25) is 0 Å². The molecule has 0 saturated heterocycles. The van der Waals surface area contributed by atoms with Crippen LogP contribution in [0.15, 0.2) is 22.7 Å². The molecule has 1 unspecified atom stereocenters. The molecule has 1 saturated carbocycles. The zero-order valence-electron chi connectivity index (χ0n) is 11.0. The second-order valence-corrected chi connectivity index (χ2v) is 6.26. The van der Waals surface area contributed by atoms with E-state index in [0.29, 0.717) is 11.8 Å². The van der Waals surface area contributed by atoms with Crippen molar-refractivity contribution in [2.45, 2.75) is 51.6 Å². The van der Waals surface area contributed by atoms with E-state index >= 15 is 0 Å². The molecule has 0 bridgehead atoms. The van der Waals surface area contributed by atoms with Gasteiger partial charge in [-0.25, -0.2) is 0 Å². The second-order valence-electron chi connectivity index (χ2n) is 5.34. The Morgan fingerprint density at radius 1 is 1.33 bits per heavy atom. The first kappa shape index (κ1) is 13.9. The summed E-state index contributed by atoms with van der Waals surface area (Å²) in [6, 6.07) is 6.12. The summed E-state index contributed by atoms with van der Waals surface area (Å²) >= 11 is 3.44. The van der Waals surface area contributed by atoms with Gasteiger partial charge in [0.2, 0.25) is 0 Å². The highest BCUT2D eigenvalue weighted by Crippen LogP contribution is 2.27. The van der Waals surface area contributed by atoms with E-state index in [1.807, 2.05) is 12.1 Å². The lowest BCUT2D eigenvalue weighted by Crippen LogP contribution is -2.34. The Hall–Kier alpha value is -0.540. The summed E-state index contributed by atoms with van der Waals surface area (Å²) in [7, 11) is 0. The highest BCUT2D eigenvalue weighted by Gasteiger charge is 2.19. The van der Waals surface area contributed by atoms with Gasteiger partial charge in [0, 0.05) is 22.6 Å². The lowest BCUT2D eigenvalue weighted by atomic mass is 9.84. The lowest BCUT2D eigenvalue weighted by Gasteiger charge is -2.28. The van der Waals surface area contributed by atoms with Crippen molar-refractivity contribution in [2.75, 3.05) is 0 Å². The van der Waals surface area contributed by atoms with Crippen molar-refractivity contribution >= 4 is 15.9 Å². The quantitative estimate of drug-likeness (QED) is 0.873. The minimum Gasteiger partial charge on any atom is -0.508 e. The molecule has 1 aliphatic carbocycles. The van der Waals surface area contributed by atoms with Gasteiger partial charge in [-0.3, -0.25) is 0 Å². The molecule has 1 aliphatic rings. The van der Waals surface area contributed by atoms with Crippen molar-refractivity contribution in [3.8, 4) is 5.75 Å². The number of nitrogens with one attached hydrogen (secondary N) is 1. The molecule has 2 rings (SSSR count). The lowest BCUT2D eigenvalue weighted by molar-refractivity contribution is 0.280. The summed E-state index contributed by atoms with van der Waals surface area (Å²) in [4.78, 5) is 0. The van der Waals surface area contributed by atoms with Gasteiger partial charge in [-0.1, -0.05) is 35.2 Å². The average Bonchev–Trinajstić information content (AvgIpc) is 2.40. The molecule has 1 fully saturated rings. The minimum absolute atomic E-state index is 0.376. The molecular formula is C15H22BrNO. The van der Waals surface area contributed by atoms with Gasteiger partial charge in [-0.05, 0) is 43.9 Å². The van der Waals surface area contributed by atoms with Crippen LogP contribution in [0.25, 0.3) is 0 Å². The van der Waals surface area contributed by atoms with Crippen LogP contribution in [-0.2, 0) is 6.54 Å². The zero-order chi connectivity index (χ0) is 13.0. The van der Waals surface area contributed by atoms with Gasteiger partial charge in [-0.15, -0.1) is 0 Å². The summed E-state index contributed by atoms with van der Waals surface area (Å²) in [5.41, 5.74) is 0.965. The van der Waals surface area contributed by atoms with Crippen LogP contribution in [-0.4, -0.2) is 11.1 Å². The molecule has 0 aliphatic heterocycles. The molecule has 0 heterocycles. The van der Waals surface area contributed by atoms with E-state index in [1.165, 1.54) is 32.1 Å². The van der Waals surface area contributed by atoms with Gasteiger partial charge in [0.15, 0.2) is 0 Å². The number of aromatic hydroxyl groups is 1. The van der Waals surface area contributed by atoms with Crippen LogP contribution in [0.1, 0.15) is 44.6 Å². The summed E-state index contributed by atoms with van der Waals surface area (Å²) in [5, 5.41) is 13.4. The minimum atomic E-state index is 0.376. The molecule has 0 aromatic heterocycles. The summed E-state index contributed by atoms with van der Waals surface area (Å²) in [5.74, 6) is 1.18. The molecule has 0 spiro atoms. The molecule has 100 valence electrons. The van der Waals surface area contributed by atoms with Gasteiger partial charge in [-0.2, -0.15) is 0 Å². The van der Waals surface area contributed by atoms with E-state index in [2.05, 4.69) is 28.2 Å². The Morgan fingerprint density at radius 3 is 2.78 bits per heavy atom. The number of halogens is 1. The number of phenols is 1. The van der Waals surface area contributed by atoms with E-state index in [1.54, 1.807) is 6.07 Å². The molecule has 0 radical (unpaired) electrons. The van der Waals surface area contributed by atoms with Crippen LogP contribution in [0.5, 0.6) is 5.75 Å². The highest BCUT2D eigenvalue weighted by atomic mass is 79.9. The van der Waals surface area contributed by atoms with E-state index in [0.717, 1.165) is 22.5 Å². The van der Waals surface area contributed by atoms with Crippen molar-refractivity contribution in [3.05, 3.63) is 28.2 Å². The average molecular weight is 312 g/mol. The fraction of sp³-hybridized carbons (Fsp3) is 0.600. The second kappa shape index (κ2) is 6.58. The predicted octanol–water partition coefficient (Wildman–Crippen LogP) is 4.21. The van der Waals surface area contributed by atoms with Crippen molar-refractivity contribution < 1.29 is 5.11 Å². The zero-order valence-corrected chi connectivity index (χ0v) is 12.5. The Bertz CT molecular complexity index is 388. The van der Waals surface area contributed by atoms with Crippen molar-refractivity contribution in [1.29, 1.82) is 0 Å². The van der Waals surface area contributed by atoms with Crippen LogP contribution in [0, 0.1) is 5.92 Å². The van der Waals surface area contributed by atoms with Crippen molar-refractivity contribution in [3.63, 3.8) is 0 Å². The first-order valence-electron chi connectivity index (χ1n) is 6.87. The molecule has 1 atom stereocenters. The van der Waals surface area contributed by atoms with Crippen molar-refractivity contribution in [1.82, 2.24) is 5.32 Å². The fourth-order valence-electron chi connectivity index (χ4n) is 2.77. The maximum atomic E-state index is 9.80. The van der Waals surface area contributed by atoms with Gasteiger partial charge >= 0.3 is 0 Å². The standard InChI is InChI=1S/C15H22BrNO/c1-11(12-5-3-2-4-6-12)17-10-13-9-14(16)7-8-15(13)18/h7-9,11-12,17-18H,2-6,10H2,1H3. The first-order valence-corrected chi connectivity index (χ1v) is 7.67. The fourth-order valence-corrected chi connectivity index (χ4v) is 3.18. The van der Waals surface area contributed by atoms with Gasteiger partial charge in [0.1, 0.15) is 5.75 Å². The van der Waals surface area contributed by atoms with E-state index in [4.69, 9.17) is 0 Å². The third-order valence-corrected chi connectivity index (χ3v) is 4.51. The molecule has 0 amide bonds. The third-order valence-electron chi connectivity index (χ3n) is 4.01. The number of phenolic OH excluding ortho intramolecular Hbond substituents is 1. The Labute approximate surface area is 118 Å². The summed E-state index contributed by atoms with van der Waals surface area (Å²) in [6.07, 6.45) is 6.84. The SMILES string of the molecule is CC(NCc1cc(Br)ccc1O)C1CCCCC1. The summed E-state index contributed by atoms with van der Waals surface area (Å²) < 4.78 is 1.02. The Kier molecular flexibility index (Phi) is 5.07. The van der Waals surface area contributed by atoms with Gasteiger partial charge in [0.25, 0.3) is 0 Å². The molecule has 1 aromatic rings. The number of hydrogen-bond acceptors (Lipinski definition) is 2. The predicted molar refractivity (Wildman–Crippen MR) is 78.7 cm³/mol.